The second-order valence-corrected chi connectivity index (χ2v) is 5.49. The van der Waals surface area contributed by atoms with Gasteiger partial charge < -0.3 is 5.11 Å². The van der Waals surface area contributed by atoms with Crippen molar-refractivity contribution in [2.45, 2.75) is 26.4 Å². The third-order valence-corrected chi connectivity index (χ3v) is 3.21. The highest BCUT2D eigenvalue weighted by Crippen LogP contribution is 2.00. The molecule has 0 amide bonds. The van der Waals surface area contributed by atoms with Gasteiger partial charge in [0.15, 0.2) is 0 Å². The summed E-state index contributed by atoms with van der Waals surface area (Å²) < 4.78 is 27.6. The molecule has 8 heteroatoms. The number of aromatic nitrogens is 1. The summed E-state index contributed by atoms with van der Waals surface area (Å²) in [6.45, 7) is 3.47. The van der Waals surface area contributed by atoms with Crippen molar-refractivity contribution in [2.24, 2.45) is 0 Å². The van der Waals surface area contributed by atoms with Crippen molar-refractivity contribution in [3.63, 3.8) is 0 Å². The molecule has 0 saturated heterocycles. The normalized spacial score (nSPS) is 11.7. The number of nitrogens with one attached hydrogen (secondary N) is 2. The van der Waals surface area contributed by atoms with E-state index >= 15 is 0 Å². The fourth-order valence-corrected chi connectivity index (χ4v) is 2.25. The molecule has 0 aliphatic heterocycles. The highest BCUT2D eigenvalue weighted by Gasteiger charge is 2.11. The second-order valence-electron chi connectivity index (χ2n) is 3.95. The van der Waals surface area contributed by atoms with Crippen LogP contribution in [0.3, 0.4) is 0 Å². The Labute approximate surface area is 105 Å². The summed E-state index contributed by atoms with van der Waals surface area (Å²) in [7, 11) is -3.55. The second kappa shape index (κ2) is 5.89. The molecular weight excluding hydrogens is 258 g/mol. The van der Waals surface area contributed by atoms with Crippen LogP contribution in [0, 0.1) is 0 Å². The SMILES string of the molecule is CC(C)NS(=O)(=O)NCc1ccc(C(=O)O)nc1. The maximum absolute atomic E-state index is 11.5. The average molecular weight is 273 g/mol. The predicted molar refractivity (Wildman–Crippen MR) is 65.2 cm³/mol. The molecule has 0 aliphatic carbocycles. The lowest BCUT2D eigenvalue weighted by Crippen LogP contribution is -2.39. The van der Waals surface area contributed by atoms with E-state index < -0.39 is 16.2 Å². The minimum absolute atomic E-state index is 0.0505. The van der Waals surface area contributed by atoms with Crippen LogP contribution < -0.4 is 9.44 Å². The maximum atomic E-state index is 11.5. The molecule has 1 aromatic rings. The third kappa shape index (κ3) is 4.78. The number of nitrogens with zero attached hydrogens (tertiary/aromatic N) is 1. The van der Waals surface area contributed by atoms with Crippen molar-refractivity contribution in [3.05, 3.63) is 29.6 Å². The van der Waals surface area contributed by atoms with Gasteiger partial charge in [-0.3, -0.25) is 0 Å². The van der Waals surface area contributed by atoms with Gasteiger partial charge in [-0.05, 0) is 25.5 Å². The van der Waals surface area contributed by atoms with Crippen LogP contribution in [0.2, 0.25) is 0 Å². The maximum Gasteiger partial charge on any atom is 0.354 e. The van der Waals surface area contributed by atoms with Crippen LogP contribution in [-0.4, -0.2) is 30.5 Å². The van der Waals surface area contributed by atoms with Crippen LogP contribution in [0.25, 0.3) is 0 Å². The molecule has 0 unspecified atom stereocenters. The van der Waals surface area contributed by atoms with E-state index in [1.165, 1.54) is 18.3 Å². The van der Waals surface area contributed by atoms with Gasteiger partial charge in [0.2, 0.25) is 0 Å². The number of hydrogen-bond acceptors (Lipinski definition) is 4. The van der Waals surface area contributed by atoms with Gasteiger partial charge in [-0.25, -0.2) is 9.78 Å². The molecule has 7 nitrogen and oxygen atoms in total. The number of carboxylic acid groups (broad SMARTS) is 1. The number of hydrogen-bond donors (Lipinski definition) is 3. The number of carboxylic acids is 1. The standard InChI is InChI=1S/C10H15N3O4S/c1-7(2)13-18(16,17)12-6-8-3-4-9(10(14)15)11-5-8/h3-5,7,12-13H,6H2,1-2H3,(H,14,15). The van der Waals surface area contributed by atoms with Crippen LogP contribution in [-0.2, 0) is 16.8 Å². The summed E-state index contributed by atoms with van der Waals surface area (Å²) >= 11 is 0. The molecule has 1 heterocycles. The number of pyridine rings is 1. The Kier molecular flexibility index (Phi) is 4.76. The largest absolute Gasteiger partial charge is 0.477 e. The first kappa shape index (κ1) is 14.6. The Hall–Kier alpha value is -1.51. The van der Waals surface area contributed by atoms with E-state index in [9.17, 15) is 13.2 Å². The van der Waals surface area contributed by atoms with E-state index in [-0.39, 0.29) is 18.3 Å². The summed E-state index contributed by atoms with van der Waals surface area (Å²) in [6, 6.07) is 2.63. The van der Waals surface area contributed by atoms with Crippen LogP contribution >= 0.6 is 0 Å². The third-order valence-electron chi connectivity index (χ3n) is 1.90. The van der Waals surface area contributed by atoms with Crippen molar-refractivity contribution in [1.29, 1.82) is 0 Å². The van der Waals surface area contributed by atoms with Gasteiger partial charge in [0.05, 0.1) is 0 Å². The molecule has 0 spiro atoms. The van der Waals surface area contributed by atoms with Gasteiger partial charge in [0.25, 0.3) is 10.2 Å². The zero-order chi connectivity index (χ0) is 13.8. The fraction of sp³-hybridized carbons (Fsp3) is 0.400. The Morgan fingerprint density at radius 3 is 2.56 bits per heavy atom. The molecule has 0 atom stereocenters. The molecule has 0 aromatic carbocycles. The summed E-state index contributed by atoms with van der Waals surface area (Å²) in [4.78, 5) is 14.3. The zero-order valence-electron chi connectivity index (χ0n) is 10.0. The minimum atomic E-state index is -3.55. The Morgan fingerprint density at radius 1 is 1.44 bits per heavy atom. The summed E-state index contributed by atoms with van der Waals surface area (Å²) in [5.74, 6) is -1.12. The smallest absolute Gasteiger partial charge is 0.354 e. The molecule has 0 bridgehead atoms. The summed E-state index contributed by atoms with van der Waals surface area (Å²) in [6.07, 6.45) is 1.32. The highest BCUT2D eigenvalue weighted by atomic mass is 32.2. The quantitative estimate of drug-likeness (QED) is 0.682. The fourth-order valence-electron chi connectivity index (χ4n) is 1.19. The molecule has 0 fully saturated rings. The summed E-state index contributed by atoms with van der Waals surface area (Å²) in [5.41, 5.74) is 0.496. The van der Waals surface area contributed by atoms with Gasteiger partial charge in [-0.2, -0.15) is 17.9 Å². The van der Waals surface area contributed by atoms with Crippen LogP contribution in [0.5, 0.6) is 0 Å². The molecule has 0 saturated carbocycles. The van der Waals surface area contributed by atoms with Crippen molar-refractivity contribution < 1.29 is 18.3 Å². The van der Waals surface area contributed by atoms with Crippen LogP contribution in [0.4, 0.5) is 0 Å². The first-order valence-electron chi connectivity index (χ1n) is 5.25. The molecule has 0 aliphatic rings. The lowest BCUT2D eigenvalue weighted by Gasteiger charge is -2.10. The molecule has 0 radical (unpaired) electrons. The van der Waals surface area contributed by atoms with Crippen molar-refractivity contribution >= 4 is 16.2 Å². The topological polar surface area (TPSA) is 108 Å². The van der Waals surface area contributed by atoms with Gasteiger partial charge in [0, 0.05) is 18.8 Å². The van der Waals surface area contributed by atoms with Crippen molar-refractivity contribution in [2.75, 3.05) is 0 Å². The Balaban J connectivity index is 2.61. The van der Waals surface area contributed by atoms with E-state index in [2.05, 4.69) is 14.4 Å². The monoisotopic (exact) mass is 273 g/mol. The highest BCUT2D eigenvalue weighted by molar-refractivity contribution is 7.87. The van der Waals surface area contributed by atoms with Crippen LogP contribution in [0.15, 0.2) is 18.3 Å². The lowest BCUT2D eigenvalue weighted by molar-refractivity contribution is 0.0690. The first-order valence-corrected chi connectivity index (χ1v) is 6.73. The van der Waals surface area contributed by atoms with Gasteiger partial charge in [-0.1, -0.05) is 6.07 Å². The lowest BCUT2D eigenvalue weighted by atomic mass is 10.2. The molecule has 100 valence electrons. The van der Waals surface area contributed by atoms with E-state index in [0.29, 0.717) is 5.56 Å². The molecule has 1 aromatic heterocycles. The Bertz CT molecular complexity index is 510. The van der Waals surface area contributed by atoms with Gasteiger partial charge >= 0.3 is 5.97 Å². The Morgan fingerprint density at radius 2 is 2.11 bits per heavy atom. The van der Waals surface area contributed by atoms with Gasteiger partial charge in [-0.15, -0.1) is 0 Å². The molecular formula is C10H15N3O4S. The molecule has 1 rings (SSSR count). The van der Waals surface area contributed by atoms with Crippen LogP contribution in [0.1, 0.15) is 29.9 Å². The van der Waals surface area contributed by atoms with Gasteiger partial charge in [0.1, 0.15) is 5.69 Å². The number of carbonyl (C=O) groups is 1. The first-order chi connectivity index (χ1) is 8.30. The van der Waals surface area contributed by atoms with E-state index in [1.807, 2.05) is 0 Å². The van der Waals surface area contributed by atoms with E-state index in [1.54, 1.807) is 13.8 Å². The van der Waals surface area contributed by atoms with E-state index in [4.69, 9.17) is 5.11 Å². The predicted octanol–water partition coefficient (Wildman–Crippen LogP) is 0.112. The minimum Gasteiger partial charge on any atom is -0.477 e. The number of rotatable bonds is 6. The average Bonchev–Trinajstić information content (AvgIpc) is 2.25. The molecule has 3 N–H and O–H groups in total. The molecule has 18 heavy (non-hydrogen) atoms. The zero-order valence-corrected chi connectivity index (χ0v) is 10.9. The van der Waals surface area contributed by atoms with Crippen molar-refractivity contribution in [3.8, 4) is 0 Å². The van der Waals surface area contributed by atoms with Crippen molar-refractivity contribution in [1.82, 2.24) is 14.4 Å². The van der Waals surface area contributed by atoms with E-state index in [0.717, 1.165) is 0 Å². The summed E-state index contributed by atoms with van der Waals surface area (Å²) in [5, 5.41) is 8.65. The number of aromatic carboxylic acids is 1.